The molecule has 5 nitrogen and oxygen atoms in total. The molecule has 0 saturated heterocycles. The van der Waals surface area contributed by atoms with Crippen molar-refractivity contribution in [3.05, 3.63) is 29.3 Å². The predicted molar refractivity (Wildman–Crippen MR) is 87.9 cm³/mol. The van der Waals surface area contributed by atoms with E-state index in [4.69, 9.17) is 5.73 Å². The van der Waals surface area contributed by atoms with Gasteiger partial charge in [-0.15, -0.1) is 12.4 Å². The van der Waals surface area contributed by atoms with Crippen LogP contribution in [0.1, 0.15) is 36.7 Å². The van der Waals surface area contributed by atoms with Gasteiger partial charge in [0.25, 0.3) is 5.91 Å². The van der Waals surface area contributed by atoms with Gasteiger partial charge in [0.15, 0.2) is 0 Å². The van der Waals surface area contributed by atoms with Crippen molar-refractivity contribution in [1.82, 2.24) is 5.32 Å². The van der Waals surface area contributed by atoms with Crippen LogP contribution >= 0.6 is 12.4 Å². The standard InChI is InChI=1S/C15H23N3O2.ClH/c1-5-17-15(20)12-6-7-13(9(2)8-12)18-14(19)10(3)11(4)16;/h6-8,10-11H,5,16H2,1-4H3,(H,17,20)(H,18,19);1H. The van der Waals surface area contributed by atoms with Crippen LogP contribution < -0.4 is 16.4 Å². The first kappa shape index (κ1) is 19.4. The molecule has 1 rings (SSSR count). The number of carbonyl (C=O) groups is 2. The molecule has 0 saturated carbocycles. The highest BCUT2D eigenvalue weighted by molar-refractivity contribution is 5.97. The van der Waals surface area contributed by atoms with E-state index in [9.17, 15) is 9.59 Å². The van der Waals surface area contributed by atoms with E-state index in [1.807, 2.05) is 13.8 Å². The fraction of sp³-hybridized carbons (Fsp3) is 0.467. The minimum absolute atomic E-state index is 0. The van der Waals surface area contributed by atoms with Crippen molar-refractivity contribution >= 4 is 29.9 Å². The Labute approximate surface area is 132 Å². The fourth-order valence-corrected chi connectivity index (χ4v) is 1.69. The van der Waals surface area contributed by atoms with Crippen molar-refractivity contribution in [2.24, 2.45) is 11.7 Å². The fourth-order valence-electron chi connectivity index (χ4n) is 1.69. The first-order valence-electron chi connectivity index (χ1n) is 6.82. The van der Waals surface area contributed by atoms with Gasteiger partial charge < -0.3 is 16.4 Å². The number of rotatable bonds is 5. The second kappa shape index (κ2) is 8.64. The Morgan fingerprint density at radius 3 is 2.38 bits per heavy atom. The summed E-state index contributed by atoms with van der Waals surface area (Å²) in [5.74, 6) is -0.497. The molecular formula is C15H24ClN3O2. The number of aryl methyl sites for hydroxylation is 1. The van der Waals surface area contributed by atoms with Crippen LogP contribution in [0.5, 0.6) is 0 Å². The van der Waals surface area contributed by atoms with Crippen LogP contribution in [0.2, 0.25) is 0 Å². The largest absolute Gasteiger partial charge is 0.352 e. The number of nitrogens with two attached hydrogens (primary N) is 1. The summed E-state index contributed by atoms with van der Waals surface area (Å²) in [6.45, 7) is 7.90. The van der Waals surface area contributed by atoms with Crippen molar-refractivity contribution in [3.63, 3.8) is 0 Å². The monoisotopic (exact) mass is 313 g/mol. The van der Waals surface area contributed by atoms with E-state index in [-0.39, 0.29) is 36.2 Å². The van der Waals surface area contributed by atoms with E-state index in [0.717, 1.165) is 5.56 Å². The van der Waals surface area contributed by atoms with E-state index >= 15 is 0 Å². The molecule has 0 aliphatic heterocycles. The molecule has 0 aliphatic carbocycles. The lowest BCUT2D eigenvalue weighted by Gasteiger charge is -2.16. The van der Waals surface area contributed by atoms with Crippen molar-refractivity contribution in [3.8, 4) is 0 Å². The zero-order valence-corrected chi connectivity index (χ0v) is 13.7. The van der Waals surface area contributed by atoms with Crippen molar-refractivity contribution in [2.45, 2.75) is 33.7 Å². The smallest absolute Gasteiger partial charge is 0.251 e. The Balaban J connectivity index is 0.00000400. The summed E-state index contributed by atoms with van der Waals surface area (Å²) in [5, 5.41) is 5.58. The molecule has 118 valence electrons. The molecule has 0 fully saturated rings. The molecule has 0 aliphatic rings. The summed E-state index contributed by atoms with van der Waals surface area (Å²) in [6.07, 6.45) is 0. The number of benzene rings is 1. The summed E-state index contributed by atoms with van der Waals surface area (Å²) < 4.78 is 0. The van der Waals surface area contributed by atoms with E-state index in [1.165, 1.54) is 0 Å². The third-order valence-corrected chi connectivity index (χ3v) is 3.29. The first-order chi connectivity index (χ1) is 9.36. The molecule has 1 aromatic rings. The van der Waals surface area contributed by atoms with Gasteiger partial charge in [0.1, 0.15) is 0 Å². The zero-order valence-electron chi connectivity index (χ0n) is 12.9. The second-order valence-corrected chi connectivity index (χ2v) is 5.03. The second-order valence-electron chi connectivity index (χ2n) is 5.03. The van der Waals surface area contributed by atoms with Crippen LogP contribution in [-0.2, 0) is 4.79 Å². The maximum atomic E-state index is 12.0. The highest BCUT2D eigenvalue weighted by Gasteiger charge is 2.18. The van der Waals surface area contributed by atoms with E-state index in [2.05, 4.69) is 10.6 Å². The van der Waals surface area contributed by atoms with Gasteiger partial charge in [-0.25, -0.2) is 0 Å². The van der Waals surface area contributed by atoms with Gasteiger partial charge >= 0.3 is 0 Å². The Hall–Kier alpha value is -1.59. The van der Waals surface area contributed by atoms with Crippen LogP contribution in [-0.4, -0.2) is 24.4 Å². The molecule has 0 aromatic heterocycles. The molecule has 6 heteroatoms. The molecule has 2 atom stereocenters. The molecule has 21 heavy (non-hydrogen) atoms. The lowest BCUT2D eigenvalue weighted by Crippen LogP contribution is -2.34. The number of hydrogen-bond donors (Lipinski definition) is 3. The summed E-state index contributed by atoms with van der Waals surface area (Å²) in [4.78, 5) is 23.7. The van der Waals surface area contributed by atoms with Gasteiger partial charge in [0.05, 0.1) is 5.92 Å². The first-order valence-corrected chi connectivity index (χ1v) is 6.82. The predicted octanol–water partition coefficient (Wildman–Crippen LogP) is 2.09. The Kier molecular flexibility index (Phi) is 7.99. The molecule has 0 heterocycles. The third-order valence-electron chi connectivity index (χ3n) is 3.29. The molecule has 0 bridgehead atoms. The maximum Gasteiger partial charge on any atom is 0.251 e. The Morgan fingerprint density at radius 1 is 1.29 bits per heavy atom. The average molecular weight is 314 g/mol. The van der Waals surface area contributed by atoms with E-state index in [1.54, 1.807) is 32.0 Å². The highest BCUT2D eigenvalue weighted by atomic mass is 35.5. The van der Waals surface area contributed by atoms with Crippen molar-refractivity contribution in [2.75, 3.05) is 11.9 Å². The van der Waals surface area contributed by atoms with E-state index < -0.39 is 0 Å². The van der Waals surface area contributed by atoms with Gasteiger partial charge in [-0.05, 0) is 44.5 Å². The molecule has 2 amide bonds. The molecule has 4 N–H and O–H groups in total. The average Bonchev–Trinajstić information content (AvgIpc) is 2.40. The lowest BCUT2D eigenvalue weighted by atomic mass is 10.0. The van der Waals surface area contributed by atoms with Crippen LogP contribution in [0.15, 0.2) is 18.2 Å². The van der Waals surface area contributed by atoms with Gasteiger partial charge in [-0.1, -0.05) is 6.92 Å². The topological polar surface area (TPSA) is 84.2 Å². The highest BCUT2D eigenvalue weighted by Crippen LogP contribution is 2.18. The van der Waals surface area contributed by atoms with Gasteiger partial charge in [0.2, 0.25) is 5.91 Å². The molecule has 0 radical (unpaired) electrons. The SMILES string of the molecule is CCNC(=O)c1ccc(NC(=O)C(C)C(C)N)c(C)c1.Cl. The van der Waals surface area contributed by atoms with Crippen LogP contribution in [0.25, 0.3) is 0 Å². The number of halogens is 1. The number of carbonyl (C=O) groups excluding carboxylic acids is 2. The number of nitrogens with one attached hydrogen (secondary N) is 2. The van der Waals surface area contributed by atoms with E-state index in [0.29, 0.717) is 17.8 Å². The maximum absolute atomic E-state index is 12.0. The number of amides is 2. The van der Waals surface area contributed by atoms with Crippen molar-refractivity contribution in [1.29, 1.82) is 0 Å². The van der Waals surface area contributed by atoms with Gasteiger partial charge in [0, 0.05) is 23.8 Å². The Morgan fingerprint density at radius 2 is 1.90 bits per heavy atom. The van der Waals surface area contributed by atoms with Crippen LogP contribution in [0.3, 0.4) is 0 Å². The minimum Gasteiger partial charge on any atom is -0.352 e. The quantitative estimate of drug-likeness (QED) is 0.778. The molecular weight excluding hydrogens is 290 g/mol. The normalized spacial score (nSPS) is 12.8. The summed E-state index contributed by atoms with van der Waals surface area (Å²) in [6, 6.07) is 5.00. The summed E-state index contributed by atoms with van der Waals surface area (Å²) in [5.41, 5.74) is 7.85. The lowest BCUT2D eigenvalue weighted by molar-refractivity contribution is -0.119. The molecule has 2 unspecified atom stereocenters. The minimum atomic E-state index is -0.266. The summed E-state index contributed by atoms with van der Waals surface area (Å²) in [7, 11) is 0. The third kappa shape index (κ3) is 5.36. The van der Waals surface area contributed by atoms with Gasteiger partial charge in [-0.2, -0.15) is 0 Å². The number of hydrogen-bond acceptors (Lipinski definition) is 3. The number of anilines is 1. The Bertz CT molecular complexity index is 504. The van der Waals surface area contributed by atoms with Crippen LogP contribution in [0.4, 0.5) is 5.69 Å². The van der Waals surface area contributed by atoms with Crippen molar-refractivity contribution < 1.29 is 9.59 Å². The zero-order chi connectivity index (χ0) is 15.3. The summed E-state index contributed by atoms with van der Waals surface area (Å²) >= 11 is 0. The molecule has 0 spiro atoms. The van der Waals surface area contributed by atoms with Crippen LogP contribution in [0, 0.1) is 12.8 Å². The van der Waals surface area contributed by atoms with Gasteiger partial charge in [-0.3, -0.25) is 9.59 Å². The molecule has 1 aromatic carbocycles.